The number of nitrogens with zero attached hydrogens (tertiary/aromatic N) is 2. The molecule has 6 nitrogen and oxygen atoms in total. The van der Waals surface area contributed by atoms with Crippen LogP contribution in [0, 0.1) is 0 Å². The van der Waals surface area contributed by atoms with Gasteiger partial charge in [0.2, 0.25) is 5.95 Å². The molecule has 0 fully saturated rings. The number of aromatic carboxylic acids is 1. The predicted molar refractivity (Wildman–Crippen MR) is 86.7 cm³/mol. The van der Waals surface area contributed by atoms with Gasteiger partial charge in [0, 0.05) is 18.4 Å². The molecule has 2 rings (SSSR count). The van der Waals surface area contributed by atoms with Crippen LogP contribution in [-0.4, -0.2) is 27.6 Å². The lowest BCUT2D eigenvalue weighted by Gasteiger charge is -2.08. The number of carbonyl (C=O) groups is 1. The molecule has 0 aliphatic rings. The van der Waals surface area contributed by atoms with E-state index in [2.05, 4.69) is 27.5 Å². The Morgan fingerprint density at radius 2 is 2.14 bits per heavy atom. The maximum Gasteiger partial charge on any atom is 0.335 e. The SMILES string of the molecule is CCCCCNc1nccc(Nc2cccc(C(=O)O)c2)n1. The van der Waals surface area contributed by atoms with Gasteiger partial charge >= 0.3 is 5.97 Å². The Balaban J connectivity index is 2.00. The number of anilines is 3. The lowest BCUT2D eigenvalue weighted by atomic mass is 10.2. The fourth-order valence-electron chi connectivity index (χ4n) is 1.97. The van der Waals surface area contributed by atoms with Crippen LogP contribution in [0.1, 0.15) is 36.5 Å². The Morgan fingerprint density at radius 3 is 2.91 bits per heavy atom. The van der Waals surface area contributed by atoms with Gasteiger partial charge in [-0.05, 0) is 30.7 Å². The van der Waals surface area contributed by atoms with Gasteiger partial charge in [-0.3, -0.25) is 0 Å². The lowest BCUT2D eigenvalue weighted by molar-refractivity contribution is 0.0697. The van der Waals surface area contributed by atoms with Gasteiger partial charge in [-0.1, -0.05) is 25.8 Å². The average Bonchev–Trinajstić information content (AvgIpc) is 2.52. The summed E-state index contributed by atoms with van der Waals surface area (Å²) in [5.74, 6) is 0.232. The number of hydrogen-bond acceptors (Lipinski definition) is 5. The van der Waals surface area contributed by atoms with Crippen molar-refractivity contribution < 1.29 is 9.90 Å². The molecule has 116 valence electrons. The zero-order chi connectivity index (χ0) is 15.8. The minimum absolute atomic E-state index is 0.233. The van der Waals surface area contributed by atoms with Crippen LogP contribution in [0.5, 0.6) is 0 Å². The number of carboxylic acid groups (broad SMARTS) is 1. The Labute approximate surface area is 129 Å². The van der Waals surface area contributed by atoms with Crippen LogP contribution in [0.25, 0.3) is 0 Å². The van der Waals surface area contributed by atoms with Crippen LogP contribution in [0.3, 0.4) is 0 Å². The van der Waals surface area contributed by atoms with E-state index in [1.807, 2.05) is 0 Å². The summed E-state index contributed by atoms with van der Waals surface area (Å²) >= 11 is 0. The fourth-order valence-corrected chi connectivity index (χ4v) is 1.97. The number of benzene rings is 1. The summed E-state index contributed by atoms with van der Waals surface area (Å²) in [7, 11) is 0. The number of unbranched alkanes of at least 4 members (excludes halogenated alkanes) is 2. The molecule has 0 aliphatic carbocycles. The Kier molecular flexibility index (Phi) is 5.71. The normalized spacial score (nSPS) is 10.2. The topological polar surface area (TPSA) is 87.1 Å². The van der Waals surface area contributed by atoms with Gasteiger partial charge in [-0.25, -0.2) is 9.78 Å². The van der Waals surface area contributed by atoms with E-state index in [9.17, 15) is 4.79 Å². The maximum atomic E-state index is 11.0. The number of carboxylic acids is 1. The van der Waals surface area contributed by atoms with E-state index in [4.69, 9.17) is 5.11 Å². The second kappa shape index (κ2) is 7.97. The summed E-state index contributed by atoms with van der Waals surface area (Å²) in [5.41, 5.74) is 0.910. The first-order valence-corrected chi connectivity index (χ1v) is 7.36. The van der Waals surface area contributed by atoms with Gasteiger partial charge < -0.3 is 15.7 Å². The first kappa shape index (κ1) is 15.8. The molecule has 0 radical (unpaired) electrons. The summed E-state index contributed by atoms with van der Waals surface area (Å²) in [4.78, 5) is 19.5. The highest BCUT2D eigenvalue weighted by Crippen LogP contribution is 2.16. The Morgan fingerprint density at radius 1 is 1.27 bits per heavy atom. The molecule has 6 heteroatoms. The molecule has 0 aliphatic heterocycles. The van der Waals surface area contributed by atoms with E-state index in [-0.39, 0.29) is 5.56 Å². The van der Waals surface area contributed by atoms with E-state index in [0.717, 1.165) is 13.0 Å². The van der Waals surface area contributed by atoms with Crippen molar-refractivity contribution in [1.29, 1.82) is 0 Å². The quantitative estimate of drug-likeness (QED) is 0.647. The first-order valence-electron chi connectivity index (χ1n) is 7.36. The van der Waals surface area contributed by atoms with Crippen LogP contribution in [0.15, 0.2) is 36.5 Å². The molecular weight excluding hydrogens is 280 g/mol. The smallest absolute Gasteiger partial charge is 0.335 e. The monoisotopic (exact) mass is 300 g/mol. The van der Waals surface area contributed by atoms with Crippen molar-refractivity contribution in [2.24, 2.45) is 0 Å². The average molecular weight is 300 g/mol. The van der Waals surface area contributed by atoms with Crippen molar-refractivity contribution in [3.63, 3.8) is 0 Å². The van der Waals surface area contributed by atoms with Crippen molar-refractivity contribution in [2.75, 3.05) is 17.2 Å². The molecule has 1 heterocycles. The van der Waals surface area contributed by atoms with E-state index >= 15 is 0 Å². The third-order valence-corrected chi connectivity index (χ3v) is 3.10. The van der Waals surface area contributed by atoms with Crippen LogP contribution in [-0.2, 0) is 0 Å². The molecule has 0 saturated carbocycles. The van der Waals surface area contributed by atoms with Gasteiger partial charge in [0.05, 0.1) is 5.56 Å². The number of nitrogens with one attached hydrogen (secondary N) is 2. The molecular formula is C16H20N4O2. The first-order chi connectivity index (χ1) is 10.7. The van der Waals surface area contributed by atoms with Crippen molar-refractivity contribution in [1.82, 2.24) is 9.97 Å². The molecule has 0 atom stereocenters. The van der Waals surface area contributed by atoms with Crippen LogP contribution < -0.4 is 10.6 Å². The highest BCUT2D eigenvalue weighted by atomic mass is 16.4. The van der Waals surface area contributed by atoms with E-state index < -0.39 is 5.97 Å². The van der Waals surface area contributed by atoms with Gasteiger partial charge in [-0.2, -0.15) is 4.98 Å². The third-order valence-electron chi connectivity index (χ3n) is 3.10. The van der Waals surface area contributed by atoms with Crippen LogP contribution >= 0.6 is 0 Å². The molecule has 0 spiro atoms. The van der Waals surface area contributed by atoms with E-state index in [1.165, 1.54) is 12.8 Å². The van der Waals surface area contributed by atoms with Gasteiger partial charge in [-0.15, -0.1) is 0 Å². The van der Waals surface area contributed by atoms with Crippen molar-refractivity contribution in [3.05, 3.63) is 42.1 Å². The fraction of sp³-hybridized carbons (Fsp3) is 0.312. The van der Waals surface area contributed by atoms with E-state index in [1.54, 1.807) is 36.5 Å². The highest BCUT2D eigenvalue weighted by molar-refractivity contribution is 5.89. The molecule has 1 aromatic carbocycles. The summed E-state index contributed by atoms with van der Waals surface area (Å²) < 4.78 is 0. The lowest BCUT2D eigenvalue weighted by Crippen LogP contribution is -2.06. The second-order valence-corrected chi connectivity index (χ2v) is 4.91. The van der Waals surface area contributed by atoms with Crippen LogP contribution in [0.2, 0.25) is 0 Å². The molecule has 3 N–H and O–H groups in total. The van der Waals surface area contributed by atoms with Crippen molar-refractivity contribution >= 4 is 23.4 Å². The number of rotatable bonds is 8. The van der Waals surface area contributed by atoms with E-state index in [0.29, 0.717) is 17.5 Å². The number of aromatic nitrogens is 2. The summed E-state index contributed by atoms with van der Waals surface area (Å²) in [6.07, 6.45) is 5.09. The summed E-state index contributed by atoms with van der Waals surface area (Å²) in [6.45, 7) is 3.00. The van der Waals surface area contributed by atoms with Gasteiger partial charge in [0.1, 0.15) is 5.82 Å². The zero-order valence-electron chi connectivity index (χ0n) is 12.5. The zero-order valence-corrected chi connectivity index (χ0v) is 12.5. The molecule has 22 heavy (non-hydrogen) atoms. The standard InChI is InChI=1S/C16H20N4O2/c1-2-3-4-9-17-16-18-10-8-14(20-16)19-13-7-5-6-12(11-13)15(21)22/h5-8,10-11H,2-4,9H2,1H3,(H,21,22)(H2,17,18,19,20). The molecule has 1 aromatic heterocycles. The molecule has 0 unspecified atom stereocenters. The largest absolute Gasteiger partial charge is 0.478 e. The third kappa shape index (κ3) is 4.73. The molecule has 0 saturated heterocycles. The van der Waals surface area contributed by atoms with Crippen molar-refractivity contribution in [2.45, 2.75) is 26.2 Å². The molecule has 2 aromatic rings. The Hall–Kier alpha value is -2.63. The Bertz CT molecular complexity index is 631. The molecule has 0 amide bonds. The molecule has 0 bridgehead atoms. The summed E-state index contributed by atoms with van der Waals surface area (Å²) in [6, 6.07) is 8.34. The second-order valence-electron chi connectivity index (χ2n) is 4.91. The minimum atomic E-state index is -0.954. The van der Waals surface area contributed by atoms with Crippen molar-refractivity contribution in [3.8, 4) is 0 Å². The number of hydrogen-bond donors (Lipinski definition) is 3. The highest BCUT2D eigenvalue weighted by Gasteiger charge is 2.04. The minimum Gasteiger partial charge on any atom is -0.478 e. The maximum absolute atomic E-state index is 11.0. The predicted octanol–water partition coefficient (Wildman–Crippen LogP) is 3.52. The van der Waals surface area contributed by atoms with Gasteiger partial charge in [0.15, 0.2) is 0 Å². The van der Waals surface area contributed by atoms with Crippen LogP contribution in [0.4, 0.5) is 17.5 Å². The summed E-state index contributed by atoms with van der Waals surface area (Å²) in [5, 5.41) is 15.3. The van der Waals surface area contributed by atoms with Gasteiger partial charge in [0.25, 0.3) is 0 Å².